The fraction of sp³-hybridized carbons (Fsp3) is 0.458. The quantitative estimate of drug-likeness (QED) is 0.820. The molecule has 0 radical (unpaired) electrons. The molecule has 2 heteroatoms. The molecule has 0 heterocycles. The van der Waals surface area contributed by atoms with Gasteiger partial charge in [0.05, 0.1) is 6.04 Å². The summed E-state index contributed by atoms with van der Waals surface area (Å²) >= 11 is 0. The molecule has 0 atom stereocenters. The average molecular weight is 345 g/mol. The van der Waals surface area contributed by atoms with E-state index in [-0.39, 0.29) is 11.5 Å². The summed E-state index contributed by atoms with van der Waals surface area (Å²) in [5.41, 5.74) is 2.23. The zero-order chi connectivity index (χ0) is 17.6. The van der Waals surface area contributed by atoms with Crippen molar-refractivity contribution in [1.29, 1.82) is 0 Å². The summed E-state index contributed by atoms with van der Waals surface area (Å²) in [7, 11) is 0. The standard InChI is InChI=1S/C24H27NO/c26-23(24-14-17-11-18(15-24)13-19(12-17)16-24)25-22(20-7-3-1-4-8-20)21-9-5-2-6-10-21/h1-10,17-19,22H,11-16H2,(H,25,26). The van der Waals surface area contributed by atoms with Crippen molar-refractivity contribution in [2.45, 2.75) is 44.6 Å². The summed E-state index contributed by atoms with van der Waals surface area (Å²) in [6.45, 7) is 0. The lowest BCUT2D eigenvalue weighted by Crippen LogP contribution is -2.54. The molecule has 4 fully saturated rings. The zero-order valence-electron chi connectivity index (χ0n) is 15.2. The van der Waals surface area contributed by atoms with E-state index in [2.05, 4.69) is 53.8 Å². The highest BCUT2D eigenvalue weighted by molar-refractivity contribution is 5.84. The highest BCUT2D eigenvalue weighted by Gasteiger charge is 2.54. The van der Waals surface area contributed by atoms with Crippen LogP contribution in [0.2, 0.25) is 0 Å². The minimum atomic E-state index is -0.101. The second-order valence-electron chi connectivity index (χ2n) is 8.93. The van der Waals surface area contributed by atoms with Gasteiger partial charge in [-0.3, -0.25) is 4.79 Å². The largest absolute Gasteiger partial charge is 0.345 e. The van der Waals surface area contributed by atoms with Crippen LogP contribution in [-0.4, -0.2) is 5.91 Å². The highest BCUT2D eigenvalue weighted by Crippen LogP contribution is 2.60. The van der Waals surface area contributed by atoms with Gasteiger partial charge in [-0.1, -0.05) is 60.7 Å². The van der Waals surface area contributed by atoms with Crippen LogP contribution in [0.4, 0.5) is 0 Å². The van der Waals surface area contributed by atoms with Crippen molar-refractivity contribution in [2.24, 2.45) is 23.2 Å². The lowest BCUT2D eigenvalue weighted by Gasteiger charge is -2.55. The zero-order valence-corrected chi connectivity index (χ0v) is 15.2. The van der Waals surface area contributed by atoms with Crippen LogP contribution in [0.25, 0.3) is 0 Å². The average Bonchev–Trinajstić information content (AvgIpc) is 2.66. The first-order valence-corrected chi connectivity index (χ1v) is 10.1. The molecule has 6 rings (SSSR count). The van der Waals surface area contributed by atoms with Crippen molar-refractivity contribution in [1.82, 2.24) is 5.32 Å². The van der Waals surface area contributed by atoms with E-state index in [9.17, 15) is 4.79 Å². The van der Waals surface area contributed by atoms with E-state index in [1.807, 2.05) is 12.1 Å². The Morgan fingerprint density at radius 1 is 0.769 bits per heavy atom. The first-order chi connectivity index (χ1) is 12.7. The maximum absolute atomic E-state index is 13.5. The van der Waals surface area contributed by atoms with E-state index in [1.54, 1.807) is 0 Å². The Kier molecular flexibility index (Phi) is 3.88. The van der Waals surface area contributed by atoms with E-state index in [1.165, 1.54) is 19.3 Å². The van der Waals surface area contributed by atoms with Crippen LogP contribution in [0.5, 0.6) is 0 Å². The van der Waals surface area contributed by atoms with Crippen molar-refractivity contribution in [3.63, 3.8) is 0 Å². The topological polar surface area (TPSA) is 29.1 Å². The molecule has 4 bridgehead atoms. The molecule has 26 heavy (non-hydrogen) atoms. The number of benzene rings is 2. The molecular weight excluding hydrogens is 318 g/mol. The van der Waals surface area contributed by atoms with Crippen molar-refractivity contribution in [2.75, 3.05) is 0 Å². The second kappa shape index (κ2) is 6.26. The normalized spacial score (nSPS) is 32.0. The van der Waals surface area contributed by atoms with Crippen molar-refractivity contribution < 1.29 is 4.79 Å². The van der Waals surface area contributed by atoms with Gasteiger partial charge in [0, 0.05) is 5.41 Å². The fourth-order valence-electron chi connectivity index (χ4n) is 6.32. The van der Waals surface area contributed by atoms with Gasteiger partial charge in [0.15, 0.2) is 0 Å². The molecule has 0 unspecified atom stereocenters. The van der Waals surface area contributed by atoms with E-state index >= 15 is 0 Å². The first kappa shape index (κ1) is 16.1. The maximum atomic E-state index is 13.5. The van der Waals surface area contributed by atoms with Crippen LogP contribution in [-0.2, 0) is 4.79 Å². The van der Waals surface area contributed by atoms with E-state index in [4.69, 9.17) is 0 Å². The predicted molar refractivity (Wildman–Crippen MR) is 103 cm³/mol. The highest BCUT2D eigenvalue weighted by atomic mass is 16.2. The van der Waals surface area contributed by atoms with Crippen LogP contribution in [0.15, 0.2) is 60.7 Å². The second-order valence-corrected chi connectivity index (χ2v) is 8.93. The SMILES string of the molecule is O=C(NC(c1ccccc1)c1ccccc1)C12CC3CC(CC(C3)C1)C2. The number of hydrogen-bond donors (Lipinski definition) is 1. The van der Waals surface area contributed by atoms with Gasteiger partial charge in [0.2, 0.25) is 5.91 Å². The lowest BCUT2D eigenvalue weighted by atomic mass is 9.49. The number of hydrogen-bond acceptors (Lipinski definition) is 1. The Morgan fingerprint density at radius 2 is 1.19 bits per heavy atom. The van der Waals surface area contributed by atoms with Crippen molar-refractivity contribution in [3.05, 3.63) is 71.8 Å². The number of amides is 1. The van der Waals surface area contributed by atoms with E-state index in [0.29, 0.717) is 5.91 Å². The molecule has 0 spiro atoms. The summed E-state index contributed by atoms with van der Waals surface area (Å²) in [4.78, 5) is 13.5. The Bertz CT molecular complexity index is 708. The fourth-order valence-corrected chi connectivity index (χ4v) is 6.32. The third-order valence-electron chi connectivity index (χ3n) is 7.06. The first-order valence-electron chi connectivity index (χ1n) is 10.1. The van der Waals surface area contributed by atoms with Gasteiger partial charge in [0.1, 0.15) is 0 Å². The molecule has 0 aliphatic heterocycles. The van der Waals surface area contributed by atoms with Crippen molar-refractivity contribution >= 4 is 5.91 Å². The molecule has 4 aliphatic carbocycles. The Morgan fingerprint density at radius 3 is 1.62 bits per heavy atom. The van der Waals surface area contributed by atoms with E-state index < -0.39 is 0 Å². The lowest BCUT2D eigenvalue weighted by molar-refractivity contribution is -0.146. The monoisotopic (exact) mass is 345 g/mol. The van der Waals surface area contributed by atoms with Gasteiger partial charge >= 0.3 is 0 Å². The van der Waals surface area contributed by atoms with Crippen molar-refractivity contribution in [3.8, 4) is 0 Å². The smallest absolute Gasteiger partial charge is 0.226 e. The third-order valence-corrected chi connectivity index (χ3v) is 7.06. The minimum absolute atomic E-state index is 0.0575. The number of rotatable bonds is 4. The van der Waals surface area contributed by atoms with Crippen LogP contribution < -0.4 is 5.32 Å². The predicted octanol–water partition coefficient (Wildman–Crippen LogP) is 5.11. The van der Waals surface area contributed by atoms with E-state index in [0.717, 1.165) is 48.1 Å². The molecule has 134 valence electrons. The molecule has 0 aromatic heterocycles. The summed E-state index contributed by atoms with van der Waals surface area (Å²) < 4.78 is 0. The van der Waals surface area contributed by atoms with Crippen LogP contribution in [0.3, 0.4) is 0 Å². The van der Waals surface area contributed by atoms with Crippen LogP contribution in [0.1, 0.15) is 55.7 Å². The molecule has 4 saturated carbocycles. The molecule has 2 aromatic carbocycles. The van der Waals surface area contributed by atoms with Gasteiger partial charge in [0.25, 0.3) is 0 Å². The Hall–Kier alpha value is -2.09. The molecule has 1 amide bonds. The number of carbonyl (C=O) groups is 1. The number of carbonyl (C=O) groups excluding carboxylic acids is 1. The Labute approximate surface area is 156 Å². The molecule has 4 aliphatic rings. The number of nitrogens with one attached hydrogen (secondary N) is 1. The Balaban J connectivity index is 1.44. The molecule has 0 saturated heterocycles. The summed E-state index contributed by atoms with van der Waals surface area (Å²) in [5.74, 6) is 2.67. The van der Waals surface area contributed by atoms with Gasteiger partial charge in [-0.05, 0) is 67.4 Å². The van der Waals surface area contributed by atoms with Crippen LogP contribution in [0, 0.1) is 23.2 Å². The summed E-state index contributed by atoms with van der Waals surface area (Å²) in [6.07, 6.45) is 7.44. The van der Waals surface area contributed by atoms with Gasteiger partial charge in [-0.15, -0.1) is 0 Å². The molecule has 2 nitrogen and oxygen atoms in total. The minimum Gasteiger partial charge on any atom is -0.345 e. The third kappa shape index (κ3) is 2.76. The van der Waals surface area contributed by atoms with Gasteiger partial charge < -0.3 is 5.32 Å². The molecule has 2 aromatic rings. The molecule has 1 N–H and O–H groups in total. The summed E-state index contributed by atoms with van der Waals surface area (Å²) in [5, 5.41) is 3.47. The van der Waals surface area contributed by atoms with Crippen LogP contribution >= 0.6 is 0 Å². The van der Waals surface area contributed by atoms with Gasteiger partial charge in [-0.25, -0.2) is 0 Å². The molecular formula is C24H27NO. The summed E-state index contributed by atoms with van der Waals surface area (Å²) in [6, 6.07) is 20.7. The maximum Gasteiger partial charge on any atom is 0.226 e. The van der Waals surface area contributed by atoms with Gasteiger partial charge in [-0.2, -0.15) is 0 Å².